The molecule has 1 saturated carbocycles. The number of para-hydroxylation sites is 2. The molecule has 1 fully saturated rings. The van der Waals surface area contributed by atoms with Crippen LogP contribution in [0.4, 0.5) is 0 Å². The summed E-state index contributed by atoms with van der Waals surface area (Å²) < 4.78 is 13.7. The van der Waals surface area contributed by atoms with E-state index in [4.69, 9.17) is 9.47 Å². The molecular formula is C20H26N4O3S. The Hall–Kier alpha value is -2.22. The Morgan fingerprint density at radius 2 is 2.04 bits per heavy atom. The number of ether oxygens (including phenoxy) is 2. The van der Waals surface area contributed by atoms with Crippen molar-refractivity contribution in [1.82, 2.24) is 20.1 Å². The number of hydrogen-bond acceptors (Lipinski definition) is 6. The van der Waals surface area contributed by atoms with Gasteiger partial charge in [0.25, 0.3) is 0 Å². The third-order valence-corrected chi connectivity index (χ3v) is 6.48. The van der Waals surface area contributed by atoms with Gasteiger partial charge < -0.3 is 19.4 Å². The lowest BCUT2D eigenvalue weighted by atomic mass is 9.86. The van der Waals surface area contributed by atoms with Crippen LogP contribution in [0, 0.1) is 5.92 Å². The van der Waals surface area contributed by atoms with E-state index in [0.717, 1.165) is 12.2 Å². The molecule has 1 aromatic carbocycles. The summed E-state index contributed by atoms with van der Waals surface area (Å²) in [6, 6.07) is 7.89. The zero-order chi connectivity index (χ0) is 19.5. The highest BCUT2D eigenvalue weighted by Gasteiger charge is 2.28. The minimum atomic E-state index is -0.321. The van der Waals surface area contributed by atoms with Crippen molar-refractivity contribution in [2.75, 3.05) is 12.4 Å². The fourth-order valence-electron chi connectivity index (χ4n) is 3.79. The maximum atomic E-state index is 12.4. The van der Waals surface area contributed by atoms with Gasteiger partial charge in [0.1, 0.15) is 6.61 Å². The average Bonchev–Trinajstić information content (AvgIpc) is 3.08. The number of nitrogens with one attached hydrogen (secondary N) is 1. The number of amides is 1. The first-order chi connectivity index (χ1) is 13.6. The molecule has 0 saturated heterocycles. The van der Waals surface area contributed by atoms with Crippen molar-refractivity contribution in [3.63, 3.8) is 0 Å². The average molecular weight is 403 g/mol. The van der Waals surface area contributed by atoms with E-state index in [1.165, 1.54) is 31.0 Å². The number of thioether (sulfide) groups is 1. The highest BCUT2D eigenvalue weighted by Crippen LogP contribution is 2.35. The number of aromatic nitrogens is 3. The number of fused-ring (bicyclic) bond motifs is 1. The van der Waals surface area contributed by atoms with Crippen LogP contribution >= 0.6 is 11.8 Å². The molecule has 4 rings (SSSR count). The van der Waals surface area contributed by atoms with Crippen LogP contribution in [0.2, 0.25) is 0 Å². The van der Waals surface area contributed by atoms with Crippen LogP contribution in [-0.4, -0.2) is 39.1 Å². The van der Waals surface area contributed by atoms with Crippen molar-refractivity contribution in [3.8, 4) is 11.5 Å². The third kappa shape index (κ3) is 4.11. The van der Waals surface area contributed by atoms with Gasteiger partial charge in [-0.2, -0.15) is 0 Å². The molecule has 1 N–H and O–H groups in total. The second-order valence-electron chi connectivity index (χ2n) is 7.49. The zero-order valence-electron chi connectivity index (χ0n) is 16.3. The molecule has 3 atom stereocenters. The lowest BCUT2D eigenvalue weighted by molar-refractivity contribution is -0.119. The second-order valence-corrected chi connectivity index (χ2v) is 8.43. The Morgan fingerprint density at radius 1 is 1.25 bits per heavy atom. The molecule has 8 heteroatoms. The van der Waals surface area contributed by atoms with Crippen molar-refractivity contribution < 1.29 is 14.3 Å². The van der Waals surface area contributed by atoms with E-state index in [2.05, 4.69) is 22.4 Å². The molecular weight excluding hydrogens is 376 g/mol. The minimum Gasteiger partial charge on any atom is -0.485 e. The number of nitrogens with zero attached hydrogens (tertiary/aromatic N) is 3. The van der Waals surface area contributed by atoms with Gasteiger partial charge in [-0.05, 0) is 30.9 Å². The molecule has 1 aliphatic carbocycles. The van der Waals surface area contributed by atoms with E-state index in [1.54, 1.807) is 0 Å². The van der Waals surface area contributed by atoms with Crippen LogP contribution in [0.1, 0.15) is 44.5 Å². The van der Waals surface area contributed by atoms with Crippen molar-refractivity contribution in [2.24, 2.45) is 13.0 Å². The van der Waals surface area contributed by atoms with Crippen molar-refractivity contribution in [2.45, 2.75) is 49.9 Å². The summed E-state index contributed by atoms with van der Waals surface area (Å²) in [5.41, 5.74) is 0. The first kappa shape index (κ1) is 19.1. The van der Waals surface area contributed by atoms with Crippen LogP contribution in [0.25, 0.3) is 0 Å². The number of carbonyl (C=O) groups is 1. The summed E-state index contributed by atoms with van der Waals surface area (Å²) >= 11 is 1.40. The normalized spacial score (nSPS) is 24.0. The lowest BCUT2D eigenvalue weighted by Gasteiger charge is -2.29. The van der Waals surface area contributed by atoms with Gasteiger partial charge in [0, 0.05) is 13.1 Å². The minimum absolute atomic E-state index is 0.0551. The van der Waals surface area contributed by atoms with Crippen LogP contribution in [-0.2, 0) is 11.8 Å². The van der Waals surface area contributed by atoms with E-state index in [1.807, 2.05) is 35.9 Å². The first-order valence-electron chi connectivity index (χ1n) is 9.81. The second kappa shape index (κ2) is 8.43. The Bertz CT molecular complexity index is 841. The largest absolute Gasteiger partial charge is 0.485 e. The summed E-state index contributed by atoms with van der Waals surface area (Å²) in [6.07, 6.45) is 4.41. The Morgan fingerprint density at radius 3 is 2.86 bits per heavy atom. The number of hydrogen-bond donors (Lipinski definition) is 1. The van der Waals surface area contributed by atoms with Gasteiger partial charge in [-0.1, -0.05) is 43.7 Å². The van der Waals surface area contributed by atoms with E-state index >= 15 is 0 Å². The van der Waals surface area contributed by atoms with E-state index in [9.17, 15) is 4.79 Å². The van der Waals surface area contributed by atoms with Crippen molar-refractivity contribution >= 4 is 17.7 Å². The van der Waals surface area contributed by atoms with Gasteiger partial charge in [-0.25, -0.2) is 0 Å². The van der Waals surface area contributed by atoms with Crippen LogP contribution in [0.3, 0.4) is 0 Å². The molecule has 1 amide bonds. The molecule has 7 nitrogen and oxygen atoms in total. The van der Waals surface area contributed by atoms with E-state index < -0.39 is 0 Å². The highest BCUT2D eigenvalue weighted by atomic mass is 32.2. The maximum Gasteiger partial charge on any atom is 0.230 e. The van der Waals surface area contributed by atoms with Gasteiger partial charge >= 0.3 is 0 Å². The molecule has 2 aliphatic rings. The van der Waals surface area contributed by atoms with Gasteiger partial charge in [-0.3, -0.25) is 4.79 Å². The first-order valence-corrected chi connectivity index (χ1v) is 10.8. The SMILES string of the molecule is CC1CCCCC1NC(=O)CSc1nnc(C2COc3ccccc3O2)n1C. The number of benzene rings is 1. The van der Waals surface area contributed by atoms with E-state index in [0.29, 0.717) is 41.0 Å². The Balaban J connectivity index is 1.34. The molecule has 0 radical (unpaired) electrons. The summed E-state index contributed by atoms with van der Waals surface area (Å²) in [4.78, 5) is 12.4. The topological polar surface area (TPSA) is 78.3 Å². The summed E-state index contributed by atoms with van der Waals surface area (Å²) in [5, 5.41) is 12.4. The van der Waals surface area contributed by atoms with Gasteiger partial charge in [0.2, 0.25) is 5.91 Å². The summed E-state index contributed by atoms with van der Waals surface area (Å²) in [5.74, 6) is 3.08. The Kier molecular flexibility index (Phi) is 5.75. The van der Waals surface area contributed by atoms with Gasteiger partial charge in [-0.15, -0.1) is 10.2 Å². The van der Waals surface area contributed by atoms with Gasteiger partial charge in [0.15, 0.2) is 28.6 Å². The standard InChI is InChI=1S/C20H26N4O3S/c1-13-7-3-4-8-14(13)21-18(25)12-28-20-23-22-19(24(20)2)17-11-26-15-9-5-6-10-16(15)27-17/h5-6,9-10,13-14,17H,3-4,7-8,11-12H2,1-2H3,(H,21,25). The quantitative estimate of drug-likeness (QED) is 0.775. The van der Waals surface area contributed by atoms with Crippen molar-refractivity contribution in [3.05, 3.63) is 30.1 Å². The molecule has 3 unspecified atom stereocenters. The van der Waals surface area contributed by atoms with Crippen LogP contribution < -0.4 is 14.8 Å². The van der Waals surface area contributed by atoms with E-state index in [-0.39, 0.29) is 12.0 Å². The number of carbonyl (C=O) groups excluding carboxylic acids is 1. The number of rotatable bonds is 5. The third-order valence-electron chi connectivity index (χ3n) is 5.46. The lowest BCUT2D eigenvalue weighted by Crippen LogP contribution is -2.41. The van der Waals surface area contributed by atoms with Crippen LogP contribution in [0.15, 0.2) is 29.4 Å². The predicted molar refractivity (Wildman–Crippen MR) is 107 cm³/mol. The summed E-state index contributed by atoms with van der Waals surface area (Å²) in [6.45, 7) is 2.60. The highest BCUT2D eigenvalue weighted by molar-refractivity contribution is 7.99. The monoisotopic (exact) mass is 402 g/mol. The fraction of sp³-hybridized carbons (Fsp3) is 0.550. The smallest absolute Gasteiger partial charge is 0.230 e. The molecule has 28 heavy (non-hydrogen) atoms. The summed E-state index contributed by atoms with van der Waals surface area (Å²) in [7, 11) is 1.89. The van der Waals surface area contributed by atoms with Crippen molar-refractivity contribution in [1.29, 1.82) is 0 Å². The molecule has 150 valence electrons. The molecule has 1 aromatic heterocycles. The molecule has 0 spiro atoms. The molecule has 1 aliphatic heterocycles. The van der Waals surface area contributed by atoms with Gasteiger partial charge in [0.05, 0.1) is 5.75 Å². The molecule has 2 aromatic rings. The van der Waals surface area contributed by atoms with Crippen LogP contribution in [0.5, 0.6) is 11.5 Å². The zero-order valence-corrected chi connectivity index (χ0v) is 17.1. The molecule has 2 heterocycles. The Labute approximate surface area is 169 Å². The molecule has 0 bridgehead atoms. The predicted octanol–water partition coefficient (Wildman–Crippen LogP) is 3.11. The fourth-order valence-corrected chi connectivity index (χ4v) is 4.52. The maximum absolute atomic E-state index is 12.4.